The van der Waals surface area contributed by atoms with Gasteiger partial charge in [0, 0.05) is 12.8 Å². The molecule has 9 nitrogen and oxygen atoms in total. The molecular weight excluding hydrogens is 916 g/mol. The van der Waals surface area contributed by atoms with E-state index >= 15 is 0 Å². The molecule has 0 aliphatic carbocycles. The van der Waals surface area contributed by atoms with Crippen LogP contribution < -0.4 is 10.2 Å². The number of phosphoric ester groups is 1. The number of allylic oxidation sites excluding steroid dienone is 7. The number of likely N-dealkylation sites (N-methyl/N-ethyl adjacent to an activating group) is 1. The second-order valence-corrected chi connectivity index (χ2v) is 23.3. The van der Waals surface area contributed by atoms with Gasteiger partial charge in [0.1, 0.15) is 19.3 Å². The molecule has 1 N–H and O–H groups in total. The van der Waals surface area contributed by atoms with E-state index in [1.54, 1.807) is 0 Å². The first-order valence-corrected chi connectivity index (χ1v) is 31.9. The van der Waals surface area contributed by atoms with Crippen molar-refractivity contribution in [2.45, 2.75) is 296 Å². The van der Waals surface area contributed by atoms with E-state index in [1.807, 2.05) is 33.3 Å². The Kier molecular flexibility index (Phi) is 50.9. The van der Waals surface area contributed by atoms with Gasteiger partial charge < -0.3 is 28.5 Å². The largest absolute Gasteiger partial charge is 0.756 e. The molecule has 72 heavy (non-hydrogen) atoms. The highest BCUT2D eigenvalue weighted by molar-refractivity contribution is 7.45. The van der Waals surface area contributed by atoms with E-state index in [0.717, 1.165) is 89.9 Å². The molecule has 0 saturated carbocycles. The second-order valence-electron chi connectivity index (χ2n) is 21.8. The Hall–Kier alpha value is -2.03. The molecule has 422 valence electrons. The van der Waals surface area contributed by atoms with Crippen molar-refractivity contribution < 1.29 is 37.3 Å². The monoisotopic (exact) mass is 1030 g/mol. The maximum Gasteiger partial charge on any atom is 0.306 e. The molecule has 0 bridgehead atoms. The van der Waals surface area contributed by atoms with Gasteiger partial charge in [0.05, 0.1) is 33.8 Å². The third kappa shape index (κ3) is 52.8. The van der Waals surface area contributed by atoms with Crippen LogP contribution in [0.3, 0.4) is 0 Å². The third-order valence-electron chi connectivity index (χ3n) is 13.5. The summed E-state index contributed by atoms with van der Waals surface area (Å²) >= 11 is 0. The van der Waals surface area contributed by atoms with Gasteiger partial charge in [-0.05, 0) is 83.1 Å². The first kappa shape index (κ1) is 70.0. The Balaban J connectivity index is 5.13. The highest BCUT2D eigenvalue weighted by Crippen LogP contribution is 2.38. The summed E-state index contributed by atoms with van der Waals surface area (Å²) < 4.78 is 30.2. The molecule has 3 unspecified atom stereocenters. The van der Waals surface area contributed by atoms with Crippen LogP contribution in [0.15, 0.2) is 48.6 Å². The highest BCUT2D eigenvalue weighted by Gasteiger charge is 2.27. The van der Waals surface area contributed by atoms with Gasteiger partial charge in [-0.25, -0.2) is 0 Å². The minimum absolute atomic E-state index is 0.0234. The van der Waals surface area contributed by atoms with Gasteiger partial charge in [-0.15, -0.1) is 0 Å². The van der Waals surface area contributed by atoms with E-state index in [1.165, 1.54) is 161 Å². The van der Waals surface area contributed by atoms with E-state index in [0.29, 0.717) is 17.4 Å². The smallest absolute Gasteiger partial charge is 0.306 e. The average Bonchev–Trinajstić information content (AvgIpc) is 3.34. The highest BCUT2D eigenvalue weighted by atomic mass is 31.2. The average molecular weight is 1030 g/mol. The summed E-state index contributed by atoms with van der Waals surface area (Å²) in [5.74, 6) is -0.547. The number of carbonyl (C=O) groups excluding carboxylic acids is 2. The quantitative estimate of drug-likeness (QED) is 0.0212. The zero-order chi connectivity index (χ0) is 52.9. The van der Waals surface area contributed by atoms with E-state index in [2.05, 4.69) is 62.5 Å². The summed E-state index contributed by atoms with van der Waals surface area (Å²) in [6, 6.07) is -0.890. The Morgan fingerprint density at radius 1 is 0.486 bits per heavy atom. The number of rotatable bonds is 55. The molecule has 0 heterocycles. The lowest BCUT2D eigenvalue weighted by molar-refractivity contribution is -0.870. The zero-order valence-electron chi connectivity index (χ0n) is 48.1. The second kappa shape index (κ2) is 52.4. The molecule has 1 amide bonds. The summed E-state index contributed by atoms with van der Waals surface area (Å²) in [5, 5.41) is 3.01. The van der Waals surface area contributed by atoms with Gasteiger partial charge in [-0.1, -0.05) is 237 Å². The maximum atomic E-state index is 13.4. The molecule has 0 aliphatic rings. The Bertz CT molecular complexity index is 1380. The summed E-state index contributed by atoms with van der Waals surface area (Å²) in [4.78, 5) is 39.8. The van der Waals surface area contributed by atoms with Gasteiger partial charge in [0.2, 0.25) is 5.91 Å². The molecule has 0 aliphatic heterocycles. The molecule has 0 aromatic carbocycles. The molecule has 0 saturated heterocycles. The molecule has 10 heteroatoms. The minimum atomic E-state index is -4.69. The van der Waals surface area contributed by atoms with E-state index in [-0.39, 0.29) is 24.9 Å². The Morgan fingerprint density at radius 3 is 1.33 bits per heavy atom. The lowest BCUT2D eigenvalue weighted by Gasteiger charge is -2.30. The van der Waals surface area contributed by atoms with Crippen LogP contribution in [0.4, 0.5) is 0 Å². The van der Waals surface area contributed by atoms with Crippen molar-refractivity contribution in [3.05, 3.63) is 48.6 Å². The fraction of sp³-hybridized carbons (Fsp3) is 0.839. The van der Waals surface area contributed by atoms with Crippen molar-refractivity contribution in [3.63, 3.8) is 0 Å². The topological polar surface area (TPSA) is 114 Å². The number of ether oxygens (including phenoxy) is 1. The SMILES string of the molecule is CCCC/C=C\CCCCCCCC(=O)NC(COP(=O)([O-])OCC[N+](C)(C)C)C(/C=C\CCCCCCCCCCCC)OC(=O)CCCCCCCCCCCCCCC/C=C\C/C=C\CCCCC. The third-order valence-corrected chi connectivity index (χ3v) is 14.4. The summed E-state index contributed by atoms with van der Waals surface area (Å²) in [6.07, 6.45) is 63.7. The standard InChI is InChI=1S/C62H117N2O7P/c1-7-10-13-16-19-22-25-27-28-29-30-31-32-33-34-35-36-37-40-43-46-49-52-55-62(66)71-60(53-50-47-44-41-39-26-23-20-17-14-11-8-2)59(58-70-72(67,68)69-57-56-64(4,5)6)63-61(65)54-51-48-45-42-38-24-21-18-15-12-9-3/h18-19,21-22,27-28,50,53,59-60H,7-17,20,23-26,29-49,51-52,54-58H2,1-6H3,(H-,63,65,67,68)/b21-18-,22-19-,28-27-,53-50-. The van der Waals surface area contributed by atoms with Gasteiger partial charge in [0.15, 0.2) is 0 Å². The van der Waals surface area contributed by atoms with Crippen molar-refractivity contribution >= 4 is 19.7 Å². The van der Waals surface area contributed by atoms with Crippen LogP contribution in [0.5, 0.6) is 0 Å². The Morgan fingerprint density at radius 2 is 0.861 bits per heavy atom. The lowest BCUT2D eigenvalue weighted by atomic mass is 10.0. The molecule has 0 fully saturated rings. The number of amides is 1. The van der Waals surface area contributed by atoms with Crippen LogP contribution in [-0.2, 0) is 27.9 Å². The summed E-state index contributed by atoms with van der Waals surface area (Å²) in [6.45, 7) is 6.78. The van der Waals surface area contributed by atoms with Crippen LogP contribution in [0.25, 0.3) is 0 Å². The molecule has 0 spiro atoms. The lowest BCUT2D eigenvalue weighted by Crippen LogP contribution is -2.47. The van der Waals surface area contributed by atoms with Crippen molar-refractivity contribution in [3.8, 4) is 0 Å². The molecule has 0 rings (SSSR count). The fourth-order valence-electron chi connectivity index (χ4n) is 8.71. The molecule has 0 aromatic rings. The number of phosphoric acid groups is 1. The van der Waals surface area contributed by atoms with Crippen LogP contribution in [-0.4, -0.2) is 69.4 Å². The number of quaternary nitrogens is 1. The van der Waals surface area contributed by atoms with E-state index in [9.17, 15) is 19.0 Å². The van der Waals surface area contributed by atoms with Crippen LogP contribution >= 0.6 is 7.82 Å². The van der Waals surface area contributed by atoms with Gasteiger partial charge in [0.25, 0.3) is 7.82 Å². The molecule has 3 atom stereocenters. The van der Waals surface area contributed by atoms with E-state index < -0.39 is 26.6 Å². The summed E-state index contributed by atoms with van der Waals surface area (Å²) in [5.41, 5.74) is 0. The van der Waals surface area contributed by atoms with Gasteiger partial charge >= 0.3 is 5.97 Å². The van der Waals surface area contributed by atoms with E-state index in [4.69, 9.17) is 13.8 Å². The molecule has 0 aromatic heterocycles. The first-order valence-electron chi connectivity index (χ1n) is 30.4. The van der Waals surface area contributed by atoms with Gasteiger partial charge in [-0.2, -0.15) is 0 Å². The first-order chi connectivity index (χ1) is 34.9. The van der Waals surface area contributed by atoms with Crippen LogP contribution in [0.1, 0.15) is 284 Å². The summed E-state index contributed by atoms with van der Waals surface area (Å²) in [7, 11) is 1.18. The number of nitrogens with one attached hydrogen (secondary N) is 1. The normalized spacial score (nSPS) is 14.0. The molecular formula is C62H117N2O7P. The predicted octanol–water partition coefficient (Wildman–Crippen LogP) is 17.9. The zero-order valence-corrected chi connectivity index (χ0v) is 49.0. The van der Waals surface area contributed by atoms with Crippen LogP contribution in [0.2, 0.25) is 0 Å². The number of hydrogen-bond acceptors (Lipinski definition) is 7. The number of carbonyl (C=O) groups is 2. The fourth-order valence-corrected chi connectivity index (χ4v) is 9.43. The van der Waals surface area contributed by atoms with Crippen molar-refractivity contribution in [2.24, 2.45) is 0 Å². The number of esters is 1. The van der Waals surface area contributed by atoms with Gasteiger partial charge in [-0.3, -0.25) is 14.2 Å². The maximum absolute atomic E-state index is 13.4. The Labute approximate surface area is 446 Å². The van der Waals surface area contributed by atoms with Crippen molar-refractivity contribution in [2.75, 3.05) is 40.9 Å². The number of unbranched alkanes of at least 4 members (excludes halogenated alkanes) is 33. The molecule has 0 radical (unpaired) electrons. The number of nitrogens with zero attached hydrogens (tertiary/aromatic N) is 1. The van der Waals surface area contributed by atoms with Crippen molar-refractivity contribution in [1.82, 2.24) is 5.32 Å². The van der Waals surface area contributed by atoms with Crippen molar-refractivity contribution in [1.29, 1.82) is 0 Å². The predicted molar refractivity (Wildman–Crippen MR) is 307 cm³/mol. The van der Waals surface area contributed by atoms with Crippen LogP contribution in [0, 0.1) is 0 Å². The minimum Gasteiger partial charge on any atom is -0.756 e. The number of hydrogen-bond donors (Lipinski definition) is 1.